The van der Waals surface area contributed by atoms with Crippen LogP contribution >= 0.6 is 0 Å². The van der Waals surface area contributed by atoms with Crippen LogP contribution in [0.25, 0.3) is 0 Å². The van der Waals surface area contributed by atoms with Gasteiger partial charge in [0.15, 0.2) is 0 Å². The lowest BCUT2D eigenvalue weighted by molar-refractivity contribution is -0.136. The van der Waals surface area contributed by atoms with Gasteiger partial charge in [-0.2, -0.15) is 15.2 Å². The van der Waals surface area contributed by atoms with Crippen molar-refractivity contribution in [2.24, 2.45) is 7.05 Å². The number of nitrogens with one attached hydrogen (secondary N) is 1. The molecule has 0 amide bonds. The lowest BCUT2D eigenvalue weighted by atomic mass is 10.0. The van der Waals surface area contributed by atoms with Crippen molar-refractivity contribution < 1.29 is 9.53 Å². The number of hydrogen-bond donors (Lipinski definition) is 1. The van der Waals surface area contributed by atoms with Gasteiger partial charge in [-0.3, -0.25) is 4.68 Å². The van der Waals surface area contributed by atoms with Gasteiger partial charge in [-0.05, 0) is 13.0 Å². The molecule has 104 valence electrons. The normalized spacial score (nSPS) is 17.6. The molecule has 8 heteroatoms. The van der Waals surface area contributed by atoms with Crippen molar-refractivity contribution in [2.75, 3.05) is 12.4 Å². The Morgan fingerprint density at radius 1 is 1.45 bits per heavy atom. The quantitative estimate of drug-likeness (QED) is 0.801. The number of anilines is 1. The Hall–Kier alpha value is -2.64. The Bertz CT molecular complexity index is 698. The number of rotatable bonds is 2. The number of nitrogens with zero attached hydrogens (tertiary/aromatic N) is 5. The number of carbonyl (C=O) groups excluding carboxylic acids is 1. The van der Waals surface area contributed by atoms with Crippen LogP contribution in [0.15, 0.2) is 29.9 Å². The van der Waals surface area contributed by atoms with E-state index in [0.717, 1.165) is 5.69 Å². The summed E-state index contributed by atoms with van der Waals surface area (Å²) >= 11 is 0. The minimum atomic E-state index is -0.409. The third kappa shape index (κ3) is 1.68. The maximum atomic E-state index is 12.1. The number of fused-ring (bicyclic) bond motifs is 1. The molecule has 2 aromatic rings. The smallest absolute Gasteiger partial charge is 0.338 e. The molecule has 0 spiro atoms. The Morgan fingerprint density at radius 3 is 2.90 bits per heavy atom. The zero-order valence-corrected chi connectivity index (χ0v) is 11.4. The summed E-state index contributed by atoms with van der Waals surface area (Å²) in [6.45, 7) is 1.81. The number of carbonyl (C=O) groups is 1. The molecule has 2 aromatic heterocycles. The van der Waals surface area contributed by atoms with E-state index in [1.165, 1.54) is 13.4 Å². The Morgan fingerprint density at radius 2 is 2.25 bits per heavy atom. The van der Waals surface area contributed by atoms with Gasteiger partial charge < -0.3 is 10.1 Å². The summed E-state index contributed by atoms with van der Waals surface area (Å²) in [6.07, 6.45) is 3.12. The first-order chi connectivity index (χ1) is 9.63. The zero-order valence-electron chi connectivity index (χ0n) is 11.4. The Kier molecular flexibility index (Phi) is 2.78. The van der Waals surface area contributed by atoms with Crippen LogP contribution in [0.3, 0.4) is 0 Å². The van der Waals surface area contributed by atoms with Crippen molar-refractivity contribution in [1.29, 1.82) is 0 Å². The van der Waals surface area contributed by atoms with Crippen molar-refractivity contribution in [3.8, 4) is 0 Å². The molecule has 20 heavy (non-hydrogen) atoms. The minimum Gasteiger partial charge on any atom is -0.466 e. The van der Waals surface area contributed by atoms with Crippen molar-refractivity contribution >= 4 is 11.9 Å². The van der Waals surface area contributed by atoms with Crippen LogP contribution in [-0.4, -0.2) is 37.6 Å². The van der Waals surface area contributed by atoms with Crippen LogP contribution < -0.4 is 5.32 Å². The van der Waals surface area contributed by atoms with E-state index < -0.39 is 12.0 Å². The predicted octanol–water partition coefficient (Wildman–Crippen LogP) is 0.473. The third-order valence-electron chi connectivity index (χ3n) is 3.34. The summed E-state index contributed by atoms with van der Waals surface area (Å²) < 4.78 is 8.25. The van der Waals surface area contributed by atoms with Crippen LogP contribution in [0.2, 0.25) is 0 Å². The molecule has 0 aliphatic carbocycles. The molecule has 1 aliphatic rings. The molecule has 1 aliphatic heterocycles. The number of ether oxygens (including phenoxy) is 1. The second-order valence-corrected chi connectivity index (χ2v) is 4.47. The van der Waals surface area contributed by atoms with E-state index in [9.17, 15) is 4.79 Å². The lowest BCUT2D eigenvalue weighted by Gasteiger charge is -2.27. The molecule has 0 bridgehead atoms. The number of allylic oxidation sites excluding steroid dienone is 1. The number of hydrogen-bond acceptors (Lipinski definition) is 6. The highest BCUT2D eigenvalue weighted by Gasteiger charge is 2.35. The van der Waals surface area contributed by atoms with E-state index in [1.54, 1.807) is 15.6 Å². The molecule has 0 saturated carbocycles. The summed E-state index contributed by atoms with van der Waals surface area (Å²) in [5.74, 6) is 0.184. The molecule has 1 N–H and O–H groups in total. The summed E-state index contributed by atoms with van der Waals surface area (Å²) in [5.41, 5.74) is 2.02. The van der Waals surface area contributed by atoms with Crippen molar-refractivity contribution in [3.05, 3.63) is 35.6 Å². The van der Waals surface area contributed by atoms with E-state index in [1.807, 2.05) is 20.0 Å². The third-order valence-corrected chi connectivity index (χ3v) is 3.34. The first-order valence-electron chi connectivity index (χ1n) is 6.07. The molecule has 0 fully saturated rings. The first kappa shape index (κ1) is 12.4. The van der Waals surface area contributed by atoms with E-state index in [-0.39, 0.29) is 0 Å². The SMILES string of the molecule is COC(=O)C1=C(C)Nc2ncnn2C1c1ccnn1C. The van der Waals surface area contributed by atoms with Gasteiger partial charge >= 0.3 is 5.97 Å². The molecule has 3 rings (SSSR count). The number of aromatic nitrogens is 5. The van der Waals surface area contributed by atoms with Gasteiger partial charge in [0.05, 0.1) is 18.4 Å². The second-order valence-electron chi connectivity index (χ2n) is 4.47. The second kappa shape index (κ2) is 4.48. The topological polar surface area (TPSA) is 86.9 Å². The van der Waals surface area contributed by atoms with Gasteiger partial charge in [0.25, 0.3) is 0 Å². The van der Waals surface area contributed by atoms with Crippen LogP contribution in [0.4, 0.5) is 5.95 Å². The van der Waals surface area contributed by atoms with Crippen LogP contribution in [0.1, 0.15) is 18.7 Å². The highest BCUT2D eigenvalue weighted by Crippen LogP contribution is 2.34. The van der Waals surface area contributed by atoms with E-state index in [2.05, 4.69) is 20.5 Å². The number of esters is 1. The van der Waals surface area contributed by atoms with E-state index in [0.29, 0.717) is 17.2 Å². The molecule has 8 nitrogen and oxygen atoms in total. The molecule has 0 saturated heterocycles. The highest BCUT2D eigenvalue weighted by atomic mass is 16.5. The lowest BCUT2D eigenvalue weighted by Crippen LogP contribution is -2.30. The summed E-state index contributed by atoms with van der Waals surface area (Å²) in [5, 5.41) is 11.4. The van der Waals surface area contributed by atoms with Crippen molar-refractivity contribution in [2.45, 2.75) is 13.0 Å². The largest absolute Gasteiger partial charge is 0.466 e. The molecular weight excluding hydrogens is 260 g/mol. The minimum absolute atomic E-state index is 0.401. The summed E-state index contributed by atoms with van der Waals surface area (Å²) in [6, 6.07) is 1.44. The molecule has 3 heterocycles. The molecule has 0 aromatic carbocycles. The number of aryl methyl sites for hydroxylation is 1. The Balaban J connectivity index is 2.21. The number of methoxy groups -OCH3 is 1. The molecule has 1 unspecified atom stereocenters. The maximum Gasteiger partial charge on any atom is 0.338 e. The Labute approximate surface area is 115 Å². The zero-order chi connectivity index (χ0) is 14.3. The van der Waals surface area contributed by atoms with Crippen molar-refractivity contribution in [1.82, 2.24) is 24.5 Å². The summed E-state index contributed by atoms with van der Waals surface area (Å²) in [4.78, 5) is 16.3. The average Bonchev–Trinajstić information content (AvgIpc) is 3.05. The highest BCUT2D eigenvalue weighted by molar-refractivity contribution is 5.92. The van der Waals surface area contributed by atoms with Gasteiger partial charge in [-0.25, -0.2) is 9.48 Å². The van der Waals surface area contributed by atoms with Crippen LogP contribution in [-0.2, 0) is 16.6 Å². The summed E-state index contributed by atoms with van der Waals surface area (Å²) in [7, 11) is 3.18. The van der Waals surface area contributed by atoms with E-state index in [4.69, 9.17) is 4.74 Å². The molecule has 0 radical (unpaired) electrons. The monoisotopic (exact) mass is 274 g/mol. The van der Waals surface area contributed by atoms with Gasteiger partial charge in [0.2, 0.25) is 5.95 Å². The van der Waals surface area contributed by atoms with Crippen molar-refractivity contribution in [3.63, 3.8) is 0 Å². The van der Waals surface area contributed by atoms with Gasteiger partial charge in [0, 0.05) is 18.9 Å². The fourth-order valence-corrected chi connectivity index (χ4v) is 2.39. The van der Waals surface area contributed by atoms with Gasteiger partial charge in [0.1, 0.15) is 12.4 Å². The van der Waals surface area contributed by atoms with Gasteiger partial charge in [-0.1, -0.05) is 0 Å². The standard InChI is InChI=1S/C12H14N6O2/c1-7-9(11(19)20-3)10(8-4-5-14-17(8)2)18-12(16-7)13-6-15-18/h4-6,10H,1-3H3,(H,13,15,16). The fourth-order valence-electron chi connectivity index (χ4n) is 2.39. The molecular formula is C12H14N6O2. The maximum absolute atomic E-state index is 12.1. The van der Waals surface area contributed by atoms with Gasteiger partial charge in [-0.15, -0.1) is 0 Å². The average molecular weight is 274 g/mol. The predicted molar refractivity (Wildman–Crippen MR) is 69.7 cm³/mol. The van der Waals surface area contributed by atoms with Crippen LogP contribution in [0, 0.1) is 0 Å². The van der Waals surface area contributed by atoms with Crippen LogP contribution in [0.5, 0.6) is 0 Å². The first-order valence-corrected chi connectivity index (χ1v) is 6.07. The fraction of sp³-hybridized carbons (Fsp3) is 0.333. The van der Waals surface area contributed by atoms with E-state index >= 15 is 0 Å². The molecule has 1 atom stereocenters.